The van der Waals surface area contributed by atoms with Crippen LogP contribution in [-0.2, 0) is 0 Å². The summed E-state index contributed by atoms with van der Waals surface area (Å²) in [6, 6.07) is 0. The first kappa shape index (κ1) is 11.2. The Morgan fingerprint density at radius 3 is 2.47 bits per heavy atom. The molecular formula is C11H18BrNO2. The van der Waals surface area contributed by atoms with E-state index < -0.39 is 6.09 Å². The molecule has 0 aromatic rings. The molecule has 2 fully saturated rings. The normalized spacial score (nSPS) is 25.3. The quantitative estimate of drug-likeness (QED) is 0.788. The Morgan fingerprint density at radius 2 is 2.00 bits per heavy atom. The standard InChI is InChI=1S/C11H18BrNO2/c12-4-1-9-7-11(8-9)2-5-13(6-3-11)10(14)15/h9H,1-8H2,(H,14,15). The minimum absolute atomic E-state index is 0.513. The number of halogens is 1. The summed E-state index contributed by atoms with van der Waals surface area (Å²) in [4.78, 5) is 12.3. The first-order valence-electron chi connectivity index (χ1n) is 5.69. The van der Waals surface area contributed by atoms with Crippen molar-refractivity contribution in [3.05, 3.63) is 0 Å². The summed E-state index contributed by atoms with van der Waals surface area (Å²) in [5, 5.41) is 9.96. The van der Waals surface area contributed by atoms with Crippen molar-refractivity contribution in [2.75, 3.05) is 18.4 Å². The Kier molecular flexibility index (Phi) is 3.24. The van der Waals surface area contributed by atoms with E-state index in [0.717, 1.165) is 37.2 Å². The fourth-order valence-corrected chi connectivity index (χ4v) is 3.75. The largest absolute Gasteiger partial charge is 0.465 e. The van der Waals surface area contributed by atoms with Gasteiger partial charge in [0.15, 0.2) is 0 Å². The number of carbonyl (C=O) groups is 1. The van der Waals surface area contributed by atoms with Gasteiger partial charge >= 0.3 is 6.09 Å². The van der Waals surface area contributed by atoms with E-state index in [1.807, 2.05) is 0 Å². The fraction of sp³-hybridized carbons (Fsp3) is 0.909. The lowest BCUT2D eigenvalue weighted by molar-refractivity contribution is -0.00941. The molecule has 0 atom stereocenters. The van der Waals surface area contributed by atoms with Crippen LogP contribution >= 0.6 is 15.9 Å². The smallest absolute Gasteiger partial charge is 0.407 e. The molecule has 0 radical (unpaired) electrons. The van der Waals surface area contributed by atoms with Crippen LogP contribution in [0.15, 0.2) is 0 Å². The van der Waals surface area contributed by atoms with Crippen molar-refractivity contribution in [2.45, 2.75) is 32.1 Å². The lowest BCUT2D eigenvalue weighted by atomic mass is 9.57. The van der Waals surface area contributed by atoms with E-state index in [9.17, 15) is 4.79 Å². The van der Waals surface area contributed by atoms with Crippen LogP contribution in [0.3, 0.4) is 0 Å². The molecule has 1 heterocycles. The van der Waals surface area contributed by atoms with Gasteiger partial charge in [-0.1, -0.05) is 15.9 Å². The number of nitrogens with zero attached hydrogens (tertiary/aromatic N) is 1. The van der Waals surface area contributed by atoms with Crippen molar-refractivity contribution in [2.24, 2.45) is 11.3 Å². The highest BCUT2D eigenvalue weighted by molar-refractivity contribution is 9.09. The molecule has 0 bridgehead atoms. The zero-order chi connectivity index (χ0) is 10.9. The van der Waals surface area contributed by atoms with Gasteiger partial charge in [-0.05, 0) is 43.4 Å². The second-order valence-corrected chi connectivity index (χ2v) is 5.81. The monoisotopic (exact) mass is 275 g/mol. The summed E-state index contributed by atoms with van der Waals surface area (Å²) < 4.78 is 0. The average molecular weight is 276 g/mol. The van der Waals surface area contributed by atoms with Crippen molar-refractivity contribution in [1.29, 1.82) is 0 Å². The van der Waals surface area contributed by atoms with Crippen LogP contribution in [0.2, 0.25) is 0 Å². The van der Waals surface area contributed by atoms with Gasteiger partial charge in [-0.3, -0.25) is 0 Å². The van der Waals surface area contributed by atoms with Gasteiger partial charge in [-0.15, -0.1) is 0 Å². The van der Waals surface area contributed by atoms with Gasteiger partial charge in [0.05, 0.1) is 0 Å². The van der Waals surface area contributed by atoms with E-state index >= 15 is 0 Å². The van der Waals surface area contributed by atoms with Crippen LogP contribution in [0, 0.1) is 11.3 Å². The second kappa shape index (κ2) is 4.32. The van der Waals surface area contributed by atoms with Crippen molar-refractivity contribution in [1.82, 2.24) is 4.90 Å². The van der Waals surface area contributed by atoms with Gasteiger partial charge in [0.1, 0.15) is 0 Å². The maximum atomic E-state index is 10.8. The van der Waals surface area contributed by atoms with E-state index in [1.54, 1.807) is 4.90 Å². The summed E-state index contributed by atoms with van der Waals surface area (Å²) in [5.74, 6) is 0.890. The van der Waals surface area contributed by atoms with Crippen molar-refractivity contribution in [3.8, 4) is 0 Å². The van der Waals surface area contributed by atoms with Crippen molar-refractivity contribution < 1.29 is 9.90 Å². The summed E-state index contributed by atoms with van der Waals surface area (Å²) in [6.07, 6.45) is 5.35. The number of rotatable bonds is 2. The topological polar surface area (TPSA) is 40.5 Å². The third kappa shape index (κ3) is 2.30. The van der Waals surface area contributed by atoms with E-state index in [-0.39, 0.29) is 0 Å². The van der Waals surface area contributed by atoms with Gasteiger partial charge in [0, 0.05) is 18.4 Å². The van der Waals surface area contributed by atoms with E-state index in [4.69, 9.17) is 5.11 Å². The SMILES string of the molecule is O=C(O)N1CCC2(CC1)CC(CCBr)C2. The molecule has 15 heavy (non-hydrogen) atoms. The van der Waals surface area contributed by atoms with Gasteiger partial charge in [0.25, 0.3) is 0 Å². The van der Waals surface area contributed by atoms with Crippen LogP contribution < -0.4 is 0 Å². The maximum absolute atomic E-state index is 10.8. The molecule has 2 aliphatic rings. The number of piperidine rings is 1. The Hall–Kier alpha value is -0.250. The van der Waals surface area contributed by atoms with E-state index in [0.29, 0.717) is 5.41 Å². The number of hydrogen-bond donors (Lipinski definition) is 1. The number of alkyl halides is 1. The molecule has 0 unspecified atom stereocenters. The molecule has 1 saturated carbocycles. The molecular weight excluding hydrogens is 258 g/mol. The molecule has 1 aliphatic heterocycles. The van der Waals surface area contributed by atoms with Crippen molar-refractivity contribution in [3.63, 3.8) is 0 Å². The Bertz CT molecular complexity index is 241. The Labute approximate surface area is 99.0 Å². The second-order valence-electron chi connectivity index (χ2n) is 5.02. The first-order valence-corrected chi connectivity index (χ1v) is 6.81. The Balaban J connectivity index is 1.77. The van der Waals surface area contributed by atoms with Crippen molar-refractivity contribution >= 4 is 22.0 Å². The van der Waals surface area contributed by atoms with Crippen LogP contribution in [-0.4, -0.2) is 34.5 Å². The summed E-state index contributed by atoms with van der Waals surface area (Å²) >= 11 is 3.48. The molecule has 0 aromatic carbocycles. The molecule has 1 saturated heterocycles. The first-order chi connectivity index (χ1) is 7.15. The number of hydrogen-bond acceptors (Lipinski definition) is 1. The summed E-state index contributed by atoms with van der Waals surface area (Å²) in [5.41, 5.74) is 0.513. The summed E-state index contributed by atoms with van der Waals surface area (Å²) in [6.45, 7) is 1.49. The highest BCUT2D eigenvalue weighted by atomic mass is 79.9. The lowest BCUT2D eigenvalue weighted by Crippen LogP contribution is -2.48. The minimum Gasteiger partial charge on any atom is -0.465 e. The third-order valence-electron chi connectivity index (χ3n) is 4.06. The molecule has 3 nitrogen and oxygen atoms in total. The van der Waals surface area contributed by atoms with Gasteiger partial charge < -0.3 is 10.0 Å². The van der Waals surface area contributed by atoms with Gasteiger partial charge in [-0.2, -0.15) is 0 Å². The maximum Gasteiger partial charge on any atom is 0.407 e. The van der Waals surface area contributed by atoms with Crippen LogP contribution in [0.4, 0.5) is 4.79 Å². The van der Waals surface area contributed by atoms with Crippen LogP contribution in [0.5, 0.6) is 0 Å². The molecule has 4 heteroatoms. The predicted molar refractivity (Wildman–Crippen MR) is 62.4 cm³/mol. The van der Waals surface area contributed by atoms with E-state index in [1.165, 1.54) is 19.3 Å². The summed E-state index contributed by atoms with van der Waals surface area (Å²) in [7, 11) is 0. The zero-order valence-electron chi connectivity index (χ0n) is 8.91. The number of likely N-dealkylation sites (tertiary alicyclic amines) is 1. The predicted octanol–water partition coefficient (Wildman–Crippen LogP) is 2.94. The number of carboxylic acid groups (broad SMARTS) is 1. The molecule has 86 valence electrons. The van der Waals surface area contributed by atoms with Crippen LogP contribution in [0.1, 0.15) is 32.1 Å². The minimum atomic E-state index is -0.749. The highest BCUT2D eigenvalue weighted by Crippen LogP contribution is 2.53. The molecule has 1 N–H and O–H groups in total. The third-order valence-corrected chi connectivity index (χ3v) is 4.51. The molecule has 2 rings (SSSR count). The Morgan fingerprint density at radius 1 is 1.40 bits per heavy atom. The highest BCUT2D eigenvalue weighted by Gasteiger charge is 2.45. The number of amides is 1. The fourth-order valence-electron chi connectivity index (χ4n) is 3.10. The molecule has 1 aliphatic carbocycles. The zero-order valence-corrected chi connectivity index (χ0v) is 10.5. The average Bonchev–Trinajstić information content (AvgIpc) is 2.16. The molecule has 1 amide bonds. The van der Waals surface area contributed by atoms with Crippen LogP contribution in [0.25, 0.3) is 0 Å². The van der Waals surface area contributed by atoms with Gasteiger partial charge in [0.2, 0.25) is 0 Å². The lowest BCUT2D eigenvalue weighted by Gasteiger charge is -2.52. The molecule has 1 spiro atoms. The van der Waals surface area contributed by atoms with E-state index in [2.05, 4.69) is 15.9 Å². The van der Waals surface area contributed by atoms with Gasteiger partial charge in [-0.25, -0.2) is 4.79 Å². The molecule has 0 aromatic heterocycles.